The van der Waals surface area contributed by atoms with E-state index < -0.39 is 11.6 Å². The molecular weight excluding hydrogens is 368 g/mol. The van der Waals surface area contributed by atoms with Gasteiger partial charge in [-0.05, 0) is 53.7 Å². The second kappa shape index (κ2) is 6.43. The SMILES string of the molecule is Cc1cc(OCc2ccc(F)cc2F)c(Br)c(=O)n1CC1CC1. The summed E-state index contributed by atoms with van der Waals surface area (Å²) in [6, 6.07) is 5.08. The van der Waals surface area contributed by atoms with Gasteiger partial charge in [0, 0.05) is 29.9 Å². The van der Waals surface area contributed by atoms with Crippen molar-refractivity contribution in [3.63, 3.8) is 0 Å². The maximum atomic E-state index is 13.6. The highest BCUT2D eigenvalue weighted by Gasteiger charge is 2.24. The lowest BCUT2D eigenvalue weighted by Crippen LogP contribution is -2.24. The monoisotopic (exact) mass is 383 g/mol. The van der Waals surface area contributed by atoms with E-state index in [0.29, 0.717) is 16.1 Å². The van der Waals surface area contributed by atoms with Crippen molar-refractivity contribution in [2.24, 2.45) is 5.92 Å². The molecule has 1 heterocycles. The minimum atomic E-state index is -0.667. The Bertz CT molecular complexity index is 800. The van der Waals surface area contributed by atoms with Crippen molar-refractivity contribution in [2.75, 3.05) is 0 Å². The summed E-state index contributed by atoms with van der Waals surface area (Å²) >= 11 is 3.27. The van der Waals surface area contributed by atoms with Crippen molar-refractivity contribution in [3.05, 3.63) is 62.0 Å². The third-order valence-corrected chi connectivity index (χ3v) is 4.68. The fourth-order valence-corrected chi connectivity index (χ4v) is 2.84. The van der Waals surface area contributed by atoms with Crippen LogP contribution >= 0.6 is 15.9 Å². The first-order valence-corrected chi connectivity index (χ1v) is 8.21. The van der Waals surface area contributed by atoms with Gasteiger partial charge in [-0.1, -0.05) is 0 Å². The lowest BCUT2D eigenvalue weighted by molar-refractivity contribution is 0.295. The van der Waals surface area contributed by atoms with E-state index in [4.69, 9.17) is 4.74 Å². The summed E-state index contributed by atoms with van der Waals surface area (Å²) in [6.45, 7) is 2.49. The average Bonchev–Trinajstić information content (AvgIpc) is 3.31. The molecule has 0 amide bonds. The Balaban J connectivity index is 1.81. The molecule has 0 unspecified atom stereocenters. The van der Waals surface area contributed by atoms with Crippen LogP contribution in [0.15, 0.2) is 33.5 Å². The zero-order chi connectivity index (χ0) is 16.6. The number of pyridine rings is 1. The molecule has 1 aromatic carbocycles. The summed E-state index contributed by atoms with van der Waals surface area (Å²) in [6.07, 6.45) is 2.32. The highest BCUT2D eigenvalue weighted by molar-refractivity contribution is 9.10. The highest BCUT2D eigenvalue weighted by atomic mass is 79.9. The van der Waals surface area contributed by atoms with Crippen LogP contribution < -0.4 is 10.3 Å². The minimum Gasteiger partial charge on any atom is -0.487 e. The number of ether oxygens (including phenoxy) is 1. The van der Waals surface area contributed by atoms with Crippen LogP contribution in [0.5, 0.6) is 5.75 Å². The van der Waals surface area contributed by atoms with Gasteiger partial charge in [0.1, 0.15) is 28.5 Å². The molecule has 0 N–H and O–H groups in total. The molecule has 0 radical (unpaired) electrons. The summed E-state index contributed by atoms with van der Waals surface area (Å²) in [7, 11) is 0. The van der Waals surface area contributed by atoms with Crippen LogP contribution in [-0.2, 0) is 13.2 Å². The number of halogens is 3. The van der Waals surface area contributed by atoms with Crippen LogP contribution in [0, 0.1) is 24.5 Å². The van der Waals surface area contributed by atoms with Crippen LogP contribution in [0.1, 0.15) is 24.1 Å². The van der Waals surface area contributed by atoms with Gasteiger partial charge in [0.15, 0.2) is 0 Å². The van der Waals surface area contributed by atoms with Crippen molar-refractivity contribution >= 4 is 15.9 Å². The molecule has 6 heteroatoms. The van der Waals surface area contributed by atoms with Gasteiger partial charge >= 0.3 is 0 Å². The third-order valence-electron chi connectivity index (χ3n) is 3.95. The van der Waals surface area contributed by atoms with Gasteiger partial charge in [0.25, 0.3) is 5.56 Å². The molecule has 0 bridgehead atoms. The molecule has 1 aliphatic rings. The lowest BCUT2D eigenvalue weighted by Gasteiger charge is -2.14. The summed E-state index contributed by atoms with van der Waals surface area (Å²) in [4.78, 5) is 12.4. The Morgan fingerprint density at radius 3 is 2.70 bits per heavy atom. The van der Waals surface area contributed by atoms with Gasteiger partial charge in [0.2, 0.25) is 0 Å². The topological polar surface area (TPSA) is 31.2 Å². The molecule has 2 aromatic rings. The first kappa shape index (κ1) is 16.2. The van der Waals surface area contributed by atoms with E-state index in [9.17, 15) is 13.6 Å². The summed E-state index contributed by atoms with van der Waals surface area (Å²) in [5, 5.41) is 0. The Morgan fingerprint density at radius 1 is 1.30 bits per heavy atom. The van der Waals surface area contributed by atoms with Gasteiger partial charge in [-0.3, -0.25) is 4.79 Å². The first-order chi connectivity index (χ1) is 11.0. The van der Waals surface area contributed by atoms with E-state index >= 15 is 0 Å². The molecule has 0 atom stereocenters. The maximum absolute atomic E-state index is 13.6. The zero-order valence-electron chi connectivity index (χ0n) is 12.6. The van der Waals surface area contributed by atoms with E-state index in [1.165, 1.54) is 12.1 Å². The Morgan fingerprint density at radius 2 is 2.04 bits per heavy atom. The maximum Gasteiger partial charge on any atom is 0.268 e. The predicted octanol–water partition coefficient (Wildman–Crippen LogP) is 4.19. The molecule has 1 saturated carbocycles. The van der Waals surface area contributed by atoms with Crippen LogP contribution in [0.3, 0.4) is 0 Å². The number of hydrogen-bond donors (Lipinski definition) is 0. The molecule has 0 aliphatic heterocycles. The number of aromatic nitrogens is 1. The van der Waals surface area contributed by atoms with Crippen LogP contribution in [0.4, 0.5) is 8.78 Å². The van der Waals surface area contributed by atoms with Crippen LogP contribution in [0.25, 0.3) is 0 Å². The van der Waals surface area contributed by atoms with Gasteiger partial charge in [-0.2, -0.15) is 0 Å². The van der Waals surface area contributed by atoms with E-state index in [1.54, 1.807) is 10.6 Å². The Labute approximate surface area is 141 Å². The Kier molecular flexibility index (Phi) is 4.53. The van der Waals surface area contributed by atoms with Crippen LogP contribution in [-0.4, -0.2) is 4.57 Å². The molecule has 1 aliphatic carbocycles. The summed E-state index contributed by atoms with van der Waals surface area (Å²) in [5.41, 5.74) is 0.893. The highest BCUT2D eigenvalue weighted by Crippen LogP contribution is 2.31. The van der Waals surface area contributed by atoms with E-state index in [-0.39, 0.29) is 17.7 Å². The molecule has 1 aromatic heterocycles. The number of benzene rings is 1. The first-order valence-electron chi connectivity index (χ1n) is 7.42. The number of nitrogens with zero attached hydrogens (tertiary/aromatic N) is 1. The second-order valence-electron chi connectivity index (χ2n) is 5.85. The van der Waals surface area contributed by atoms with Crippen molar-refractivity contribution in [1.29, 1.82) is 0 Å². The van der Waals surface area contributed by atoms with E-state index in [1.807, 2.05) is 6.92 Å². The standard InChI is InChI=1S/C17H16BrF2NO2/c1-10-6-15(16(18)17(22)21(10)8-11-2-3-11)23-9-12-4-5-13(19)7-14(12)20/h4-7,11H,2-3,8-9H2,1H3. The van der Waals surface area contributed by atoms with Gasteiger partial charge in [-0.25, -0.2) is 8.78 Å². The molecule has 23 heavy (non-hydrogen) atoms. The fourth-order valence-electron chi connectivity index (χ4n) is 2.40. The molecule has 3 rings (SSSR count). The number of rotatable bonds is 5. The summed E-state index contributed by atoms with van der Waals surface area (Å²) < 4.78 is 34.1. The van der Waals surface area contributed by atoms with E-state index in [0.717, 1.165) is 31.1 Å². The minimum absolute atomic E-state index is 0.0732. The van der Waals surface area contributed by atoms with Gasteiger partial charge in [0.05, 0.1) is 0 Å². The van der Waals surface area contributed by atoms with Crippen LogP contribution in [0.2, 0.25) is 0 Å². The average molecular weight is 384 g/mol. The molecule has 0 spiro atoms. The van der Waals surface area contributed by atoms with Crippen molar-refractivity contribution in [2.45, 2.75) is 32.9 Å². The largest absolute Gasteiger partial charge is 0.487 e. The molecular formula is C17H16BrF2NO2. The molecule has 122 valence electrons. The van der Waals surface area contributed by atoms with Crippen molar-refractivity contribution < 1.29 is 13.5 Å². The smallest absolute Gasteiger partial charge is 0.268 e. The normalized spacial score (nSPS) is 14.1. The fraction of sp³-hybridized carbons (Fsp3) is 0.353. The zero-order valence-corrected chi connectivity index (χ0v) is 14.2. The van der Waals surface area contributed by atoms with E-state index in [2.05, 4.69) is 15.9 Å². The molecule has 1 fully saturated rings. The number of aryl methyl sites for hydroxylation is 1. The predicted molar refractivity (Wildman–Crippen MR) is 86.6 cm³/mol. The van der Waals surface area contributed by atoms with Gasteiger partial charge in [-0.15, -0.1) is 0 Å². The molecule has 3 nitrogen and oxygen atoms in total. The van der Waals surface area contributed by atoms with Crippen molar-refractivity contribution in [3.8, 4) is 5.75 Å². The second-order valence-corrected chi connectivity index (χ2v) is 6.64. The summed E-state index contributed by atoms with van der Waals surface area (Å²) in [5.74, 6) is -0.354. The lowest BCUT2D eigenvalue weighted by atomic mass is 10.2. The number of hydrogen-bond acceptors (Lipinski definition) is 2. The third kappa shape index (κ3) is 3.63. The van der Waals surface area contributed by atoms with Crippen molar-refractivity contribution in [1.82, 2.24) is 4.57 Å². The quantitative estimate of drug-likeness (QED) is 0.774. The van der Waals surface area contributed by atoms with Gasteiger partial charge < -0.3 is 9.30 Å². The molecule has 0 saturated heterocycles. The Hall–Kier alpha value is -1.69.